The van der Waals surface area contributed by atoms with Crippen molar-refractivity contribution in [3.05, 3.63) is 47.3 Å². The summed E-state index contributed by atoms with van der Waals surface area (Å²) >= 11 is 1.65. The van der Waals surface area contributed by atoms with Crippen LogP contribution in [0, 0.1) is 6.92 Å². The molecule has 0 aliphatic rings. The highest BCUT2D eigenvalue weighted by molar-refractivity contribution is 7.09. The highest BCUT2D eigenvalue weighted by Crippen LogP contribution is 2.25. The van der Waals surface area contributed by atoms with Crippen LogP contribution in [0.3, 0.4) is 0 Å². The van der Waals surface area contributed by atoms with E-state index in [1.165, 1.54) is 6.33 Å². The van der Waals surface area contributed by atoms with E-state index in [-0.39, 0.29) is 0 Å². The van der Waals surface area contributed by atoms with Crippen LogP contribution in [0.2, 0.25) is 0 Å². The lowest BCUT2D eigenvalue weighted by molar-refractivity contribution is 1.20. The molecule has 4 rings (SSSR count). The fourth-order valence-corrected chi connectivity index (χ4v) is 2.84. The van der Waals surface area contributed by atoms with Crippen molar-refractivity contribution in [1.29, 1.82) is 0 Å². The summed E-state index contributed by atoms with van der Waals surface area (Å²) < 4.78 is 0. The molecule has 0 atom stereocenters. The zero-order valence-electron chi connectivity index (χ0n) is 11.7. The Hall–Kier alpha value is -2.80. The smallest absolute Gasteiger partial charge is 0.182 e. The van der Waals surface area contributed by atoms with Gasteiger partial charge in [-0.25, -0.2) is 19.9 Å². The van der Waals surface area contributed by atoms with E-state index in [4.69, 9.17) is 0 Å². The van der Waals surface area contributed by atoms with E-state index in [1.54, 1.807) is 17.7 Å². The number of thiazole rings is 1. The molecule has 0 saturated carbocycles. The van der Waals surface area contributed by atoms with Crippen molar-refractivity contribution in [2.24, 2.45) is 0 Å². The number of nitrogens with one attached hydrogen (secondary N) is 2. The van der Waals surface area contributed by atoms with Gasteiger partial charge in [0.1, 0.15) is 11.8 Å². The molecule has 0 fully saturated rings. The van der Waals surface area contributed by atoms with Gasteiger partial charge in [-0.2, -0.15) is 0 Å². The first-order valence-electron chi connectivity index (χ1n) is 6.73. The Labute approximate surface area is 130 Å². The number of rotatable bonds is 3. The average molecular weight is 308 g/mol. The molecule has 0 unspecified atom stereocenters. The van der Waals surface area contributed by atoms with Gasteiger partial charge in [0.15, 0.2) is 11.5 Å². The minimum Gasteiger partial charge on any atom is -0.340 e. The summed E-state index contributed by atoms with van der Waals surface area (Å²) in [6.07, 6.45) is 3.11. The van der Waals surface area contributed by atoms with Crippen molar-refractivity contribution in [3.8, 4) is 11.3 Å². The maximum Gasteiger partial charge on any atom is 0.182 e. The first-order valence-corrected chi connectivity index (χ1v) is 7.61. The van der Waals surface area contributed by atoms with Crippen LogP contribution in [0.25, 0.3) is 22.4 Å². The number of aromatic nitrogens is 5. The quantitative estimate of drug-likeness (QED) is 0.605. The fraction of sp³-hybridized carbons (Fsp3) is 0.0667. The lowest BCUT2D eigenvalue weighted by Gasteiger charge is -2.06. The number of hydrogen-bond donors (Lipinski definition) is 2. The van der Waals surface area contributed by atoms with E-state index in [0.717, 1.165) is 27.5 Å². The van der Waals surface area contributed by atoms with Crippen LogP contribution in [-0.4, -0.2) is 24.9 Å². The third-order valence-corrected chi connectivity index (χ3v) is 4.06. The summed E-state index contributed by atoms with van der Waals surface area (Å²) in [6, 6.07) is 8.10. The molecule has 3 heterocycles. The highest BCUT2D eigenvalue weighted by atomic mass is 32.1. The monoisotopic (exact) mass is 308 g/mol. The standard InChI is InChI=1S/C15H12N6S/c1-9-20-12(6-22-9)10-2-4-11(5-3-10)21-15-13-14(17-7-16-13)18-8-19-15/h2-8H,1H3,(H2,16,17,18,19,21). The zero-order chi connectivity index (χ0) is 14.9. The zero-order valence-corrected chi connectivity index (χ0v) is 12.6. The lowest BCUT2D eigenvalue weighted by atomic mass is 10.1. The number of aryl methyl sites for hydroxylation is 1. The van der Waals surface area contributed by atoms with E-state index < -0.39 is 0 Å². The van der Waals surface area contributed by atoms with E-state index in [0.29, 0.717) is 11.5 Å². The van der Waals surface area contributed by atoms with Gasteiger partial charge in [-0.15, -0.1) is 11.3 Å². The molecule has 108 valence electrons. The molecule has 22 heavy (non-hydrogen) atoms. The van der Waals surface area contributed by atoms with E-state index in [9.17, 15) is 0 Å². The molecule has 4 aromatic rings. The van der Waals surface area contributed by atoms with Gasteiger partial charge >= 0.3 is 0 Å². The first kappa shape index (κ1) is 12.9. The number of anilines is 2. The Bertz CT molecular complexity index is 925. The van der Waals surface area contributed by atoms with Crippen LogP contribution in [0.5, 0.6) is 0 Å². The van der Waals surface area contributed by atoms with Crippen LogP contribution in [-0.2, 0) is 0 Å². The summed E-state index contributed by atoms with van der Waals surface area (Å²) in [5.41, 5.74) is 4.50. The predicted molar refractivity (Wildman–Crippen MR) is 87.3 cm³/mol. The summed E-state index contributed by atoms with van der Waals surface area (Å²) in [7, 11) is 0. The van der Waals surface area contributed by atoms with E-state index in [1.807, 2.05) is 31.2 Å². The number of H-pyrrole nitrogens is 1. The number of fused-ring (bicyclic) bond motifs is 1. The molecule has 0 spiro atoms. The van der Waals surface area contributed by atoms with Crippen LogP contribution in [0.15, 0.2) is 42.3 Å². The summed E-state index contributed by atoms with van der Waals surface area (Å²) in [5, 5.41) is 6.41. The maximum atomic E-state index is 4.49. The second-order valence-corrected chi connectivity index (χ2v) is 5.84. The molecule has 1 aromatic carbocycles. The minimum atomic E-state index is 0.645. The third kappa shape index (κ3) is 2.31. The van der Waals surface area contributed by atoms with Gasteiger partial charge in [-0.1, -0.05) is 12.1 Å². The van der Waals surface area contributed by atoms with E-state index in [2.05, 4.69) is 35.6 Å². The molecule has 3 aromatic heterocycles. The summed E-state index contributed by atoms with van der Waals surface area (Å²) in [5.74, 6) is 0.708. The summed E-state index contributed by atoms with van der Waals surface area (Å²) in [4.78, 5) is 20.0. The van der Waals surface area contributed by atoms with Crippen LogP contribution in [0.1, 0.15) is 5.01 Å². The Morgan fingerprint density at radius 2 is 1.95 bits per heavy atom. The number of aromatic amines is 1. The van der Waals surface area contributed by atoms with E-state index >= 15 is 0 Å². The van der Waals surface area contributed by atoms with Gasteiger partial charge in [0.25, 0.3) is 0 Å². The fourth-order valence-electron chi connectivity index (χ4n) is 2.22. The van der Waals surface area contributed by atoms with Crippen LogP contribution < -0.4 is 5.32 Å². The maximum absolute atomic E-state index is 4.49. The van der Waals surface area contributed by atoms with Crippen molar-refractivity contribution >= 4 is 34.0 Å². The third-order valence-electron chi connectivity index (χ3n) is 3.29. The second-order valence-electron chi connectivity index (χ2n) is 4.78. The molecule has 0 bridgehead atoms. The molecule has 0 aliphatic carbocycles. The van der Waals surface area contributed by atoms with Crippen molar-refractivity contribution in [1.82, 2.24) is 24.9 Å². The summed E-state index contributed by atoms with van der Waals surface area (Å²) in [6.45, 7) is 2.01. The molecule has 0 radical (unpaired) electrons. The van der Waals surface area contributed by atoms with Gasteiger partial charge in [0.05, 0.1) is 17.0 Å². The van der Waals surface area contributed by atoms with Crippen LogP contribution in [0.4, 0.5) is 11.5 Å². The molecular weight excluding hydrogens is 296 g/mol. The first-order chi connectivity index (χ1) is 10.8. The number of hydrogen-bond acceptors (Lipinski definition) is 6. The lowest BCUT2D eigenvalue weighted by Crippen LogP contribution is -1.95. The molecule has 0 aliphatic heterocycles. The molecule has 0 amide bonds. The molecule has 2 N–H and O–H groups in total. The normalized spacial score (nSPS) is 11.0. The second kappa shape index (κ2) is 5.19. The van der Waals surface area contributed by atoms with Gasteiger partial charge < -0.3 is 10.3 Å². The number of nitrogens with zero attached hydrogens (tertiary/aromatic N) is 4. The average Bonchev–Trinajstić information content (AvgIpc) is 3.17. The molecule has 7 heteroatoms. The SMILES string of the molecule is Cc1nc(-c2ccc(Nc3ncnc4nc[nH]c34)cc2)cs1. The van der Waals surface area contributed by atoms with Crippen molar-refractivity contribution in [2.75, 3.05) is 5.32 Å². The Morgan fingerprint density at radius 3 is 2.73 bits per heavy atom. The molecular formula is C15H12N6S. The van der Waals surface area contributed by atoms with Crippen molar-refractivity contribution in [2.45, 2.75) is 6.92 Å². The molecule has 6 nitrogen and oxygen atoms in total. The highest BCUT2D eigenvalue weighted by Gasteiger charge is 2.06. The Balaban J connectivity index is 1.62. The van der Waals surface area contributed by atoms with Crippen molar-refractivity contribution in [3.63, 3.8) is 0 Å². The van der Waals surface area contributed by atoms with Gasteiger partial charge in [0, 0.05) is 16.6 Å². The van der Waals surface area contributed by atoms with Crippen molar-refractivity contribution < 1.29 is 0 Å². The van der Waals surface area contributed by atoms with Gasteiger partial charge in [-0.3, -0.25) is 0 Å². The number of imidazole rings is 1. The largest absolute Gasteiger partial charge is 0.340 e. The van der Waals surface area contributed by atoms with Crippen LogP contribution >= 0.6 is 11.3 Å². The minimum absolute atomic E-state index is 0.645. The van der Waals surface area contributed by atoms with Gasteiger partial charge in [0.2, 0.25) is 0 Å². The Kier molecular flexibility index (Phi) is 3.05. The number of benzene rings is 1. The Morgan fingerprint density at radius 1 is 1.09 bits per heavy atom. The molecule has 0 saturated heterocycles. The van der Waals surface area contributed by atoms with Gasteiger partial charge in [-0.05, 0) is 19.1 Å². The predicted octanol–water partition coefficient (Wildman–Crippen LogP) is 3.53. The topological polar surface area (TPSA) is 79.4 Å².